The minimum absolute atomic E-state index is 0.0762. The SMILES string of the molecule is [2H]c1c([2H])c([2H])c(-c2c3c([2H])c([2H])c([2H])c([2H])c3c(-c3ccc4oc5ccccc5c4c3)c3c([2H])c([2H])c([2H])c([2H])c23)c([2H])c1[2H]. The van der Waals surface area contributed by atoms with Crippen LogP contribution in [0.25, 0.3) is 65.7 Å². The molecule has 0 saturated heterocycles. The summed E-state index contributed by atoms with van der Waals surface area (Å²) in [5.41, 5.74) is 0.811. The zero-order valence-electron chi connectivity index (χ0n) is 29.9. The van der Waals surface area contributed by atoms with Gasteiger partial charge in [0.1, 0.15) is 11.2 Å². The first-order valence-electron chi connectivity index (χ1n) is 16.7. The van der Waals surface area contributed by atoms with Crippen LogP contribution in [-0.4, -0.2) is 0 Å². The van der Waals surface area contributed by atoms with E-state index in [9.17, 15) is 0 Å². The monoisotopic (exact) mass is 433 g/mol. The third-order valence-corrected chi connectivity index (χ3v) is 5.79. The van der Waals surface area contributed by atoms with E-state index in [0.29, 0.717) is 22.1 Å². The van der Waals surface area contributed by atoms with Crippen LogP contribution in [0.15, 0.2) is 125 Å². The van der Waals surface area contributed by atoms with Crippen LogP contribution in [-0.2, 0) is 0 Å². The van der Waals surface area contributed by atoms with E-state index in [4.69, 9.17) is 22.2 Å². The maximum absolute atomic E-state index is 9.06. The molecule has 0 saturated carbocycles. The summed E-state index contributed by atoms with van der Waals surface area (Å²) in [4.78, 5) is 0. The first-order valence-corrected chi connectivity index (χ1v) is 10.2. The highest BCUT2D eigenvalue weighted by Crippen LogP contribution is 2.44. The number of rotatable bonds is 2. The number of hydrogen-bond acceptors (Lipinski definition) is 1. The Morgan fingerprint density at radius 3 is 1.67 bits per heavy atom. The molecule has 154 valence electrons. The van der Waals surface area contributed by atoms with Gasteiger partial charge in [0.05, 0.1) is 17.8 Å². The smallest absolute Gasteiger partial charge is 0.135 e. The van der Waals surface area contributed by atoms with Gasteiger partial charge in [-0.1, -0.05) is 103 Å². The molecule has 0 atom stereocenters. The predicted octanol–water partition coefficient (Wildman–Crippen LogP) is 9.23. The van der Waals surface area contributed by atoms with E-state index < -0.39 is 84.1 Å². The highest BCUT2D eigenvalue weighted by atomic mass is 16.3. The van der Waals surface area contributed by atoms with Crippen molar-refractivity contribution in [1.82, 2.24) is 0 Å². The lowest BCUT2D eigenvalue weighted by molar-refractivity contribution is 0.669. The zero-order chi connectivity index (χ0) is 33.1. The average Bonchev–Trinajstić information content (AvgIpc) is 3.43. The van der Waals surface area contributed by atoms with Gasteiger partial charge in [-0.2, -0.15) is 0 Å². The zero-order valence-corrected chi connectivity index (χ0v) is 16.9. The standard InChI is InChI=1S/C32H20O/c1-2-10-21(11-3-1)31-24-13-4-6-15-26(24)32(27-16-7-5-14-25(27)31)22-18-19-30-28(20-22)23-12-8-9-17-29(23)33-30/h1-20H/i1D,2D,3D,4D,5D,6D,7D,10D,11D,13D,14D,15D,16D. The minimum atomic E-state index is -0.708. The molecule has 1 aromatic heterocycles. The second-order valence-corrected chi connectivity index (χ2v) is 7.56. The second-order valence-electron chi connectivity index (χ2n) is 7.56. The molecular formula is C32H20O. The Morgan fingerprint density at radius 2 is 1.00 bits per heavy atom. The minimum Gasteiger partial charge on any atom is -0.456 e. The number of hydrogen-bond donors (Lipinski definition) is 0. The van der Waals surface area contributed by atoms with Crippen molar-refractivity contribution in [3.05, 3.63) is 121 Å². The Bertz CT molecular complexity index is 2410. The van der Waals surface area contributed by atoms with Crippen LogP contribution in [0.5, 0.6) is 0 Å². The van der Waals surface area contributed by atoms with Gasteiger partial charge in [0.2, 0.25) is 0 Å². The molecule has 6 aromatic carbocycles. The topological polar surface area (TPSA) is 13.1 Å². The summed E-state index contributed by atoms with van der Waals surface area (Å²) < 4.78 is 119. The van der Waals surface area contributed by atoms with Crippen LogP contribution >= 0.6 is 0 Å². The second kappa shape index (κ2) is 7.08. The van der Waals surface area contributed by atoms with Crippen molar-refractivity contribution >= 4 is 43.5 Å². The molecule has 0 unspecified atom stereocenters. The fourth-order valence-electron chi connectivity index (χ4n) is 4.42. The molecule has 1 nitrogen and oxygen atoms in total. The highest BCUT2D eigenvalue weighted by molar-refractivity contribution is 6.22. The van der Waals surface area contributed by atoms with E-state index in [1.165, 1.54) is 0 Å². The summed E-state index contributed by atoms with van der Waals surface area (Å²) in [5, 5.41) is 0.677. The van der Waals surface area contributed by atoms with Crippen molar-refractivity contribution in [2.24, 2.45) is 0 Å². The van der Waals surface area contributed by atoms with E-state index in [2.05, 4.69) is 0 Å². The van der Waals surface area contributed by atoms with Crippen LogP contribution in [0.3, 0.4) is 0 Å². The highest BCUT2D eigenvalue weighted by Gasteiger charge is 2.17. The van der Waals surface area contributed by atoms with Crippen LogP contribution in [0.4, 0.5) is 0 Å². The van der Waals surface area contributed by atoms with Crippen LogP contribution in [0.1, 0.15) is 17.8 Å². The molecule has 0 aliphatic rings. The van der Waals surface area contributed by atoms with E-state index in [1.807, 2.05) is 18.2 Å². The molecular weight excluding hydrogens is 400 g/mol. The largest absolute Gasteiger partial charge is 0.456 e. The summed E-state index contributed by atoms with van der Waals surface area (Å²) in [6.07, 6.45) is 0. The Morgan fingerprint density at radius 1 is 0.455 bits per heavy atom. The van der Waals surface area contributed by atoms with Gasteiger partial charge >= 0.3 is 0 Å². The molecule has 1 heterocycles. The Labute approximate surface area is 209 Å². The third kappa shape index (κ3) is 2.73. The molecule has 0 spiro atoms. The number of para-hydroxylation sites is 1. The van der Waals surface area contributed by atoms with Crippen molar-refractivity contribution in [2.45, 2.75) is 0 Å². The molecule has 0 N–H and O–H groups in total. The third-order valence-electron chi connectivity index (χ3n) is 5.79. The predicted molar refractivity (Wildman–Crippen MR) is 140 cm³/mol. The normalized spacial score (nSPS) is 17.2. The molecule has 33 heavy (non-hydrogen) atoms. The van der Waals surface area contributed by atoms with Gasteiger partial charge in [0.15, 0.2) is 0 Å². The molecule has 0 aliphatic carbocycles. The van der Waals surface area contributed by atoms with Crippen molar-refractivity contribution in [1.29, 1.82) is 0 Å². The van der Waals surface area contributed by atoms with E-state index in [0.717, 1.165) is 5.39 Å². The Hall–Kier alpha value is -4.36. The summed E-state index contributed by atoms with van der Waals surface area (Å²) in [5.74, 6) is 0. The molecule has 7 aromatic rings. The van der Waals surface area contributed by atoms with E-state index in [-0.39, 0.29) is 32.7 Å². The first kappa shape index (κ1) is 9.64. The average molecular weight is 434 g/mol. The maximum Gasteiger partial charge on any atom is 0.135 e. The van der Waals surface area contributed by atoms with E-state index in [1.54, 1.807) is 24.3 Å². The van der Waals surface area contributed by atoms with Gasteiger partial charge in [0, 0.05) is 10.8 Å². The number of fused-ring (bicyclic) bond motifs is 5. The lowest BCUT2D eigenvalue weighted by Crippen LogP contribution is -1.90. The molecule has 0 aliphatic heterocycles. The molecule has 7 rings (SSSR count). The van der Waals surface area contributed by atoms with Gasteiger partial charge in [-0.05, 0) is 62.0 Å². The summed E-state index contributed by atoms with van der Waals surface area (Å²) in [6, 6.07) is 4.06. The Kier molecular flexibility index (Phi) is 2.07. The van der Waals surface area contributed by atoms with Gasteiger partial charge in [0.25, 0.3) is 0 Å². The van der Waals surface area contributed by atoms with Gasteiger partial charge < -0.3 is 4.42 Å². The fourth-order valence-corrected chi connectivity index (χ4v) is 4.42. The summed E-state index contributed by atoms with van der Waals surface area (Å²) in [6.45, 7) is 0. The maximum atomic E-state index is 9.06. The van der Waals surface area contributed by atoms with Crippen LogP contribution < -0.4 is 0 Å². The molecule has 1 heteroatoms. The Balaban J connectivity index is 1.84. The lowest BCUT2D eigenvalue weighted by atomic mass is 9.86. The van der Waals surface area contributed by atoms with Crippen molar-refractivity contribution in [2.75, 3.05) is 0 Å². The van der Waals surface area contributed by atoms with Crippen molar-refractivity contribution in [3.63, 3.8) is 0 Å². The number of benzene rings is 6. The van der Waals surface area contributed by atoms with Crippen molar-refractivity contribution in [3.8, 4) is 22.3 Å². The molecule has 0 fully saturated rings. The van der Waals surface area contributed by atoms with Gasteiger partial charge in [-0.25, -0.2) is 0 Å². The first-order chi connectivity index (χ1) is 21.8. The summed E-state index contributed by atoms with van der Waals surface area (Å²) >= 11 is 0. The fraction of sp³-hybridized carbons (Fsp3) is 0. The van der Waals surface area contributed by atoms with Crippen molar-refractivity contribution < 1.29 is 22.2 Å². The quantitative estimate of drug-likeness (QED) is 0.248. The summed E-state index contributed by atoms with van der Waals surface area (Å²) in [7, 11) is 0. The van der Waals surface area contributed by atoms with Crippen LogP contribution in [0, 0.1) is 0 Å². The molecule has 0 bridgehead atoms. The van der Waals surface area contributed by atoms with Gasteiger partial charge in [-0.15, -0.1) is 0 Å². The van der Waals surface area contributed by atoms with E-state index >= 15 is 0 Å². The molecule has 0 radical (unpaired) electrons. The lowest BCUT2D eigenvalue weighted by Gasteiger charge is -2.17. The van der Waals surface area contributed by atoms with Crippen LogP contribution in [0.2, 0.25) is 0 Å². The number of furan rings is 1. The molecule has 0 amide bonds. The van der Waals surface area contributed by atoms with Gasteiger partial charge in [-0.3, -0.25) is 0 Å².